The maximum absolute atomic E-state index is 13.4. The number of nitrogens with zero attached hydrogens (tertiary/aromatic N) is 3. The van der Waals surface area contributed by atoms with Crippen LogP contribution in [0.1, 0.15) is 65.0 Å². The van der Waals surface area contributed by atoms with Crippen molar-refractivity contribution in [2.24, 2.45) is 0 Å². The molecular weight excluding hydrogens is 828 g/mol. The summed E-state index contributed by atoms with van der Waals surface area (Å²) < 4.78 is 17.2. The van der Waals surface area contributed by atoms with Crippen molar-refractivity contribution in [1.29, 1.82) is 0 Å². The Morgan fingerprint density at radius 2 is 1.80 bits per heavy atom. The van der Waals surface area contributed by atoms with E-state index in [2.05, 4.69) is 32.4 Å². The van der Waals surface area contributed by atoms with E-state index in [4.69, 9.17) is 25.6 Å². The van der Waals surface area contributed by atoms with Gasteiger partial charge < -0.3 is 44.5 Å². The van der Waals surface area contributed by atoms with Gasteiger partial charge in [-0.25, -0.2) is 4.79 Å². The molecule has 1 fully saturated rings. The van der Waals surface area contributed by atoms with Gasteiger partial charge in [0, 0.05) is 48.1 Å². The lowest BCUT2D eigenvalue weighted by atomic mass is 9.91. The Balaban J connectivity index is 0.00000331. The van der Waals surface area contributed by atoms with Crippen LogP contribution in [0.3, 0.4) is 0 Å². The number of aromatic hydroxyl groups is 1. The van der Waals surface area contributed by atoms with Gasteiger partial charge in [-0.15, -0.1) is 22.7 Å². The second kappa shape index (κ2) is 20.0. The molecule has 1 saturated carbocycles. The van der Waals surface area contributed by atoms with Crippen LogP contribution in [0.25, 0.3) is 22.3 Å². The molecule has 5 N–H and O–H groups in total. The number of aromatic nitrogens is 3. The summed E-state index contributed by atoms with van der Waals surface area (Å²) in [5.41, 5.74) is 0.0112. The van der Waals surface area contributed by atoms with Crippen LogP contribution >= 0.6 is 34.3 Å². The Morgan fingerprint density at radius 3 is 2.46 bits per heavy atom. The van der Waals surface area contributed by atoms with Gasteiger partial charge in [0.25, 0.3) is 0 Å². The van der Waals surface area contributed by atoms with E-state index in [1.807, 2.05) is 22.9 Å². The third-order valence-corrected chi connectivity index (χ3v) is 12.8. The fourth-order valence-corrected chi connectivity index (χ4v) is 9.34. The van der Waals surface area contributed by atoms with Crippen molar-refractivity contribution >= 4 is 51.1 Å². The maximum Gasteiger partial charge on any atom is 0.349 e. The van der Waals surface area contributed by atoms with Crippen molar-refractivity contribution in [1.82, 2.24) is 25.3 Å². The highest BCUT2D eigenvalue weighted by molar-refractivity contribution is 7.12. The first kappa shape index (κ1) is 45.3. The van der Waals surface area contributed by atoms with E-state index in [-0.39, 0.29) is 38.9 Å². The zero-order valence-corrected chi connectivity index (χ0v) is 34.6. The van der Waals surface area contributed by atoms with E-state index in [0.29, 0.717) is 67.8 Å². The Hall–Kier alpha value is -4.75. The number of fused-ring (bicyclic) bond motifs is 1. The van der Waals surface area contributed by atoms with Gasteiger partial charge >= 0.3 is 5.97 Å². The molecule has 0 aliphatic heterocycles. The maximum atomic E-state index is 13.4. The molecule has 0 unspecified atom stereocenters. The molecule has 1 aliphatic rings. The smallest absolute Gasteiger partial charge is 0.349 e. The first-order chi connectivity index (χ1) is 27.5. The summed E-state index contributed by atoms with van der Waals surface area (Å²) in [6.07, 6.45) is 3.41. The molecule has 6 aromatic rings. The van der Waals surface area contributed by atoms with Crippen molar-refractivity contribution in [2.75, 3.05) is 27.2 Å². The lowest BCUT2D eigenvalue weighted by Gasteiger charge is -2.35. The van der Waals surface area contributed by atoms with Crippen molar-refractivity contribution in [3.05, 3.63) is 114 Å². The van der Waals surface area contributed by atoms with E-state index in [9.17, 15) is 24.9 Å². The largest absolute Gasteiger partial charge is 0.506 e. The van der Waals surface area contributed by atoms with Gasteiger partial charge in [-0.2, -0.15) is 4.98 Å². The molecule has 59 heavy (non-hydrogen) atoms. The number of aromatic amines is 1. The number of methoxy groups -OCH3 is 1. The molecule has 1 atom stereocenters. The first-order valence-corrected chi connectivity index (χ1v) is 20.8. The number of hydrogen-bond donors (Lipinski definition) is 5. The molecule has 18 heteroatoms. The fourth-order valence-electron chi connectivity index (χ4n) is 7.36. The number of carbonyl (C=O) groups excluding carboxylic acids is 1. The molecule has 1 aliphatic carbocycles. The van der Waals surface area contributed by atoms with Gasteiger partial charge in [0.05, 0.1) is 33.5 Å². The summed E-state index contributed by atoms with van der Waals surface area (Å²) in [5.74, 6) is 0.717. The molecule has 316 valence electrons. The molecular formula is C41H46ClF2N5O8S2. The van der Waals surface area contributed by atoms with Crippen molar-refractivity contribution in [3.8, 4) is 22.9 Å². The molecule has 0 spiro atoms. The minimum Gasteiger partial charge on any atom is -0.506 e. The van der Waals surface area contributed by atoms with Crippen LogP contribution in [0.4, 0.5) is 9.41 Å². The lowest BCUT2D eigenvalue weighted by Crippen LogP contribution is -2.42. The zero-order chi connectivity index (χ0) is 40.1. The number of hydrogen-bond acceptors (Lipinski definition) is 14. The molecule has 0 saturated heterocycles. The van der Waals surface area contributed by atoms with E-state index in [1.165, 1.54) is 34.8 Å². The van der Waals surface area contributed by atoms with Gasteiger partial charge in [-0.3, -0.25) is 14.2 Å². The SMILES string of the molecule is COc1cc(-c2noc(CCCN(C)C3CCC(OC(=O)C(O)(c4cccs4)c4cccs4)CC3)n2)c(Cl)cc1CNC[C@@H](O)c1ccc(O)c2[nH]c(=O)ccc12.F.F. The van der Waals surface area contributed by atoms with Crippen LogP contribution in [0, 0.1) is 0 Å². The van der Waals surface area contributed by atoms with Crippen molar-refractivity contribution in [2.45, 2.75) is 68.9 Å². The average molecular weight is 874 g/mol. The molecule has 0 bridgehead atoms. The topological polar surface area (TPSA) is 183 Å². The molecule has 7 rings (SSSR count). The molecule has 4 heterocycles. The number of phenolic OH excluding ortho intramolecular Hbond substituents is 1. The van der Waals surface area contributed by atoms with Gasteiger partial charge in [-0.1, -0.05) is 35.0 Å². The van der Waals surface area contributed by atoms with E-state index in [1.54, 1.807) is 43.5 Å². The third-order valence-electron chi connectivity index (χ3n) is 10.5. The predicted molar refractivity (Wildman–Crippen MR) is 224 cm³/mol. The number of thiophene rings is 2. The first-order valence-electron chi connectivity index (χ1n) is 18.7. The molecule has 2 aromatic carbocycles. The number of aliphatic hydroxyl groups excluding tert-OH is 1. The van der Waals surface area contributed by atoms with Crippen molar-refractivity contribution < 1.29 is 43.5 Å². The summed E-state index contributed by atoms with van der Waals surface area (Å²) in [6.45, 7) is 1.33. The highest BCUT2D eigenvalue weighted by Crippen LogP contribution is 2.38. The highest BCUT2D eigenvalue weighted by Gasteiger charge is 2.45. The Kier molecular flexibility index (Phi) is 15.4. The Morgan fingerprint density at radius 1 is 1.08 bits per heavy atom. The summed E-state index contributed by atoms with van der Waals surface area (Å²) in [7, 11) is 3.66. The minimum atomic E-state index is -1.80. The van der Waals surface area contributed by atoms with Crippen LogP contribution in [-0.2, 0) is 28.1 Å². The number of benzene rings is 2. The highest BCUT2D eigenvalue weighted by atomic mass is 35.5. The number of carbonyl (C=O) groups is 1. The Labute approximate surface area is 351 Å². The average Bonchev–Trinajstić information content (AvgIpc) is 4.03. The number of H-pyrrole nitrogens is 1. The van der Waals surface area contributed by atoms with E-state index < -0.39 is 17.7 Å². The Bertz CT molecular complexity index is 2320. The number of esters is 1. The number of phenols is 1. The number of aryl methyl sites for hydroxylation is 1. The number of pyridine rings is 1. The normalized spacial score (nSPS) is 16.0. The van der Waals surface area contributed by atoms with Crippen molar-refractivity contribution in [3.63, 3.8) is 0 Å². The molecule has 13 nitrogen and oxygen atoms in total. The molecule has 0 radical (unpaired) electrons. The van der Waals surface area contributed by atoms with Crippen LogP contribution in [0.2, 0.25) is 5.02 Å². The quantitative estimate of drug-likeness (QED) is 0.0639. The fraction of sp³-hybridized carbons (Fsp3) is 0.366. The van der Waals surface area contributed by atoms with Crippen LogP contribution < -0.4 is 15.6 Å². The third kappa shape index (κ3) is 10.0. The van der Waals surface area contributed by atoms with E-state index >= 15 is 0 Å². The monoisotopic (exact) mass is 873 g/mol. The molecule has 4 aromatic heterocycles. The lowest BCUT2D eigenvalue weighted by molar-refractivity contribution is -0.169. The van der Waals surface area contributed by atoms with Gasteiger partial charge in [0.15, 0.2) is 0 Å². The van der Waals surface area contributed by atoms with Gasteiger partial charge in [-0.05, 0) is 98.4 Å². The van der Waals surface area contributed by atoms with Gasteiger partial charge in [0.1, 0.15) is 17.6 Å². The summed E-state index contributed by atoms with van der Waals surface area (Å²) in [5, 5.41) is 44.8. The molecule has 0 amide bonds. The van der Waals surface area contributed by atoms with E-state index in [0.717, 1.165) is 44.2 Å². The number of rotatable bonds is 16. The number of aliphatic hydroxyl groups is 2. The van der Waals surface area contributed by atoms with Gasteiger partial charge in [0.2, 0.25) is 22.9 Å². The second-order valence-corrected chi connectivity index (χ2v) is 16.5. The summed E-state index contributed by atoms with van der Waals surface area (Å²) >= 11 is 9.39. The predicted octanol–water partition coefficient (Wildman–Crippen LogP) is 6.85. The van der Waals surface area contributed by atoms with Crippen LogP contribution in [0.5, 0.6) is 11.5 Å². The zero-order valence-electron chi connectivity index (χ0n) is 32.3. The second-order valence-electron chi connectivity index (χ2n) is 14.2. The summed E-state index contributed by atoms with van der Waals surface area (Å²) in [6, 6.07) is 17.1. The number of nitrogens with one attached hydrogen (secondary N) is 2. The summed E-state index contributed by atoms with van der Waals surface area (Å²) in [4.78, 5) is 35.8. The number of halogens is 3. The van der Waals surface area contributed by atoms with Crippen LogP contribution in [0.15, 0.2) is 80.7 Å². The minimum absolute atomic E-state index is 0. The van der Waals surface area contributed by atoms with Crippen LogP contribution in [-0.4, -0.2) is 80.7 Å². The standard InChI is InChI=1S/C41H44ClN5O8S2.2FH/c1-47(25-9-11-26(12-10-25)54-40(51)41(52,34-6-4-18-56-34)35-7-5-19-57-35)17-3-8-37-45-39(46-55-37)29-21-33(53-2)24(20-30(29)42)22-43-23-32(49)27-13-15-31(48)38-28(27)14-16-36(50)44-38;;/h4-7,13-16,18-21,25-26,32,43,48-49,52H,3,8-12,17,22-23H2,1-2H3,(H,44,50);2*1H/t25?,26?,32-;;/m1../s1. The number of ether oxygens (including phenoxy) is 2.